The smallest absolute Gasteiger partial charge is 0.242 e. The zero-order valence-electron chi connectivity index (χ0n) is 12.5. The molecule has 5 nitrogen and oxygen atoms in total. The second-order valence-electron chi connectivity index (χ2n) is 5.06. The lowest BCUT2D eigenvalue weighted by Crippen LogP contribution is -2.26. The van der Waals surface area contributed by atoms with Crippen molar-refractivity contribution in [3.05, 3.63) is 18.0 Å². The number of aromatic nitrogens is 1. The van der Waals surface area contributed by atoms with Crippen LogP contribution in [0.25, 0.3) is 0 Å². The molecule has 0 saturated carbocycles. The van der Waals surface area contributed by atoms with Gasteiger partial charge in [-0.25, -0.2) is 13.1 Å². The van der Waals surface area contributed by atoms with E-state index in [1.54, 1.807) is 22.5 Å². The third-order valence-electron chi connectivity index (χ3n) is 3.18. The highest BCUT2D eigenvalue weighted by Crippen LogP contribution is 2.19. The summed E-state index contributed by atoms with van der Waals surface area (Å²) >= 11 is 1.71. The fourth-order valence-electron chi connectivity index (χ4n) is 1.85. The lowest BCUT2D eigenvalue weighted by Gasteiger charge is -2.10. The van der Waals surface area contributed by atoms with Crippen molar-refractivity contribution in [1.82, 2.24) is 9.29 Å². The van der Waals surface area contributed by atoms with Crippen molar-refractivity contribution < 1.29 is 13.5 Å². The molecule has 0 aliphatic heterocycles. The molecule has 1 unspecified atom stereocenters. The van der Waals surface area contributed by atoms with E-state index in [0.29, 0.717) is 17.5 Å². The normalized spacial score (nSPS) is 13.9. The van der Waals surface area contributed by atoms with Gasteiger partial charge in [0.1, 0.15) is 0 Å². The monoisotopic (exact) mass is 320 g/mol. The van der Waals surface area contributed by atoms with Gasteiger partial charge in [0.05, 0.1) is 11.5 Å². The van der Waals surface area contributed by atoms with Gasteiger partial charge in [-0.05, 0) is 32.6 Å². The van der Waals surface area contributed by atoms with Crippen molar-refractivity contribution in [3.8, 4) is 0 Å². The number of thioether (sulfide) groups is 1. The highest BCUT2D eigenvalue weighted by Gasteiger charge is 2.19. The van der Waals surface area contributed by atoms with Crippen LogP contribution in [-0.2, 0) is 16.6 Å². The molecule has 0 spiro atoms. The quantitative estimate of drug-likeness (QED) is 0.768. The maximum Gasteiger partial charge on any atom is 0.242 e. The van der Waals surface area contributed by atoms with E-state index in [4.69, 9.17) is 0 Å². The lowest BCUT2D eigenvalue weighted by molar-refractivity contribution is 0.268. The number of hydrogen-bond acceptors (Lipinski definition) is 4. The minimum Gasteiger partial charge on any atom is -0.390 e. The number of nitrogens with one attached hydrogen (secondary N) is 1. The number of nitrogens with zero attached hydrogens (tertiary/aromatic N) is 1. The molecule has 0 saturated heterocycles. The molecule has 1 aromatic rings. The summed E-state index contributed by atoms with van der Waals surface area (Å²) < 4.78 is 28.8. The zero-order valence-corrected chi connectivity index (χ0v) is 14.1. The van der Waals surface area contributed by atoms with Gasteiger partial charge in [0.15, 0.2) is 0 Å². The summed E-state index contributed by atoms with van der Waals surface area (Å²) in [6.45, 7) is 6.22. The minimum atomic E-state index is -3.50. The fourth-order valence-corrected chi connectivity index (χ4v) is 3.30. The van der Waals surface area contributed by atoms with E-state index in [2.05, 4.69) is 11.6 Å². The first-order valence-electron chi connectivity index (χ1n) is 6.66. The molecule has 7 heteroatoms. The molecule has 0 aliphatic rings. The first-order valence-corrected chi connectivity index (χ1v) is 9.43. The Hall–Kier alpha value is -0.500. The average Bonchev–Trinajstić information content (AvgIpc) is 2.83. The van der Waals surface area contributed by atoms with Crippen molar-refractivity contribution in [2.24, 2.45) is 0 Å². The molecule has 1 atom stereocenters. The first kappa shape index (κ1) is 17.6. The van der Waals surface area contributed by atoms with Crippen molar-refractivity contribution in [2.45, 2.75) is 50.0 Å². The Balaban J connectivity index is 2.82. The second kappa shape index (κ2) is 7.49. The lowest BCUT2D eigenvalue weighted by atomic mass is 10.3. The first-order chi connectivity index (χ1) is 9.31. The third kappa shape index (κ3) is 4.51. The number of hydrogen-bond donors (Lipinski definition) is 2. The molecule has 0 aromatic carbocycles. The maximum absolute atomic E-state index is 12.2. The van der Waals surface area contributed by atoms with E-state index >= 15 is 0 Å². The Morgan fingerprint density at radius 2 is 2.05 bits per heavy atom. The Labute approximate surface area is 125 Å². The summed E-state index contributed by atoms with van der Waals surface area (Å²) in [6.07, 6.45) is 4.38. The van der Waals surface area contributed by atoms with Crippen LogP contribution >= 0.6 is 11.8 Å². The van der Waals surface area contributed by atoms with Crippen molar-refractivity contribution in [1.29, 1.82) is 0 Å². The highest BCUT2D eigenvalue weighted by molar-refractivity contribution is 7.99. The Morgan fingerprint density at radius 3 is 2.50 bits per heavy atom. The van der Waals surface area contributed by atoms with Crippen LogP contribution < -0.4 is 4.72 Å². The zero-order chi connectivity index (χ0) is 15.3. The summed E-state index contributed by atoms with van der Waals surface area (Å²) in [4.78, 5) is 0.215. The van der Waals surface area contributed by atoms with Gasteiger partial charge in [0.2, 0.25) is 10.0 Å². The average molecular weight is 320 g/mol. The van der Waals surface area contributed by atoms with Crippen LogP contribution in [0, 0.1) is 0 Å². The summed E-state index contributed by atoms with van der Waals surface area (Å²) in [5.74, 6) is 0. The van der Waals surface area contributed by atoms with Crippen LogP contribution in [-0.4, -0.2) is 36.1 Å². The molecule has 116 valence electrons. The van der Waals surface area contributed by atoms with Gasteiger partial charge in [-0.1, -0.05) is 6.92 Å². The topological polar surface area (TPSA) is 71.3 Å². The third-order valence-corrected chi connectivity index (χ3v) is 5.65. The van der Waals surface area contributed by atoms with Crippen molar-refractivity contribution >= 4 is 21.8 Å². The molecule has 0 amide bonds. The number of sulfonamides is 1. The van der Waals surface area contributed by atoms with Crippen LogP contribution in [0.3, 0.4) is 0 Å². The summed E-state index contributed by atoms with van der Waals surface area (Å²) in [7, 11) is -3.50. The SMILES string of the molecule is CSC(C)CCNS(=O)(=O)c1cc(CO)n(C(C)C)c1. The molecule has 1 rings (SSSR count). The van der Waals surface area contributed by atoms with Gasteiger partial charge >= 0.3 is 0 Å². The van der Waals surface area contributed by atoms with Crippen molar-refractivity contribution in [3.63, 3.8) is 0 Å². The van der Waals surface area contributed by atoms with E-state index in [0.717, 1.165) is 6.42 Å². The fraction of sp³-hybridized carbons (Fsp3) is 0.692. The predicted molar refractivity (Wildman–Crippen MR) is 83.5 cm³/mol. The Bertz CT molecular complexity index is 524. The molecule has 0 bridgehead atoms. The van der Waals surface area contributed by atoms with Gasteiger partial charge in [0.25, 0.3) is 0 Å². The van der Waals surface area contributed by atoms with Gasteiger partial charge < -0.3 is 9.67 Å². The van der Waals surface area contributed by atoms with E-state index in [9.17, 15) is 13.5 Å². The van der Waals surface area contributed by atoms with E-state index in [1.165, 1.54) is 6.07 Å². The van der Waals surface area contributed by atoms with Crippen LogP contribution in [0.1, 0.15) is 38.9 Å². The number of aliphatic hydroxyl groups excluding tert-OH is 1. The van der Waals surface area contributed by atoms with Crippen LogP contribution in [0.15, 0.2) is 17.2 Å². The van der Waals surface area contributed by atoms with E-state index < -0.39 is 10.0 Å². The Morgan fingerprint density at radius 1 is 1.40 bits per heavy atom. The van der Waals surface area contributed by atoms with Gasteiger partial charge in [0, 0.05) is 29.7 Å². The highest BCUT2D eigenvalue weighted by atomic mass is 32.2. The number of rotatable bonds is 8. The molecule has 1 aromatic heterocycles. The molecule has 0 radical (unpaired) electrons. The largest absolute Gasteiger partial charge is 0.390 e. The predicted octanol–water partition coefficient (Wildman–Crippen LogP) is 1.98. The second-order valence-corrected chi connectivity index (χ2v) is 8.10. The summed E-state index contributed by atoms with van der Waals surface area (Å²) in [5, 5.41) is 9.71. The standard InChI is InChI=1S/C13H24N2O3S2/c1-10(2)15-8-13(7-12(15)9-16)20(17,18)14-6-5-11(3)19-4/h7-8,10-11,14,16H,5-6,9H2,1-4H3. The summed E-state index contributed by atoms with van der Waals surface area (Å²) in [6, 6.07) is 1.64. The van der Waals surface area contributed by atoms with Crippen LogP contribution in [0.5, 0.6) is 0 Å². The molecule has 2 N–H and O–H groups in total. The van der Waals surface area contributed by atoms with Gasteiger partial charge in [-0.3, -0.25) is 0 Å². The molecule has 20 heavy (non-hydrogen) atoms. The summed E-state index contributed by atoms with van der Waals surface area (Å²) in [5.41, 5.74) is 0.609. The van der Waals surface area contributed by atoms with Gasteiger partial charge in [-0.15, -0.1) is 0 Å². The molecule has 1 heterocycles. The van der Waals surface area contributed by atoms with Crippen LogP contribution in [0.4, 0.5) is 0 Å². The molecule has 0 aliphatic carbocycles. The van der Waals surface area contributed by atoms with Crippen LogP contribution in [0.2, 0.25) is 0 Å². The maximum atomic E-state index is 12.2. The van der Waals surface area contributed by atoms with E-state index in [-0.39, 0.29) is 17.5 Å². The van der Waals surface area contributed by atoms with Crippen molar-refractivity contribution in [2.75, 3.05) is 12.8 Å². The molecule has 0 fully saturated rings. The Kier molecular flexibility index (Phi) is 6.57. The molecular weight excluding hydrogens is 296 g/mol. The van der Waals surface area contributed by atoms with Gasteiger partial charge in [-0.2, -0.15) is 11.8 Å². The van der Waals surface area contributed by atoms with E-state index in [1.807, 2.05) is 20.1 Å². The minimum absolute atomic E-state index is 0.109. The molecular formula is C13H24N2O3S2. The number of aliphatic hydroxyl groups is 1.